The highest BCUT2D eigenvalue weighted by Crippen LogP contribution is 2.34. The largest absolute Gasteiger partial charge is 0.381 e. The molecule has 1 amide bonds. The first kappa shape index (κ1) is 19.9. The minimum atomic E-state index is -0.0430. The number of nitrogens with zero attached hydrogens (tertiary/aromatic N) is 4. The summed E-state index contributed by atoms with van der Waals surface area (Å²) in [6.45, 7) is 4.79. The van der Waals surface area contributed by atoms with Crippen LogP contribution in [-0.2, 0) is 20.7 Å². The van der Waals surface area contributed by atoms with Crippen LogP contribution in [0.2, 0.25) is 0 Å². The number of benzene rings is 1. The molecule has 2 aromatic heterocycles. The Bertz CT molecular complexity index is 1180. The van der Waals surface area contributed by atoms with Gasteiger partial charge in [0.15, 0.2) is 0 Å². The number of hydrogen-bond donors (Lipinski definition) is 1. The van der Waals surface area contributed by atoms with Crippen LogP contribution < -0.4 is 5.32 Å². The lowest BCUT2D eigenvalue weighted by atomic mass is 10.0. The van der Waals surface area contributed by atoms with Gasteiger partial charge in [0.2, 0.25) is 5.91 Å². The van der Waals surface area contributed by atoms with E-state index in [1.165, 1.54) is 0 Å². The summed E-state index contributed by atoms with van der Waals surface area (Å²) < 4.78 is 13.2. The van der Waals surface area contributed by atoms with Crippen LogP contribution in [0.25, 0.3) is 21.9 Å². The summed E-state index contributed by atoms with van der Waals surface area (Å²) in [7, 11) is 0. The predicted octanol–water partition coefficient (Wildman–Crippen LogP) is 2.50. The Morgan fingerprint density at radius 2 is 2.23 bits per heavy atom. The van der Waals surface area contributed by atoms with Gasteiger partial charge in [0.1, 0.15) is 11.3 Å². The number of ether oxygens (including phenoxy) is 2. The lowest BCUT2D eigenvalue weighted by Crippen LogP contribution is -2.40. The lowest BCUT2D eigenvalue weighted by Gasteiger charge is -2.30. The van der Waals surface area contributed by atoms with E-state index in [0.717, 1.165) is 40.6 Å². The molecule has 5 rings (SSSR count). The van der Waals surface area contributed by atoms with Crippen molar-refractivity contribution in [1.29, 1.82) is 5.26 Å². The molecule has 2 aliphatic heterocycles. The molecule has 3 aromatic rings. The predicted molar refractivity (Wildman–Crippen MR) is 114 cm³/mol. The molecule has 2 saturated heterocycles. The van der Waals surface area contributed by atoms with E-state index in [1.807, 2.05) is 12.1 Å². The molecule has 1 aromatic carbocycles. The number of hydrogen-bond acceptors (Lipinski definition) is 6. The van der Waals surface area contributed by atoms with Crippen LogP contribution in [0.5, 0.6) is 0 Å². The van der Waals surface area contributed by atoms with Crippen LogP contribution in [-0.4, -0.2) is 52.9 Å². The third-order valence-corrected chi connectivity index (χ3v) is 6.15. The van der Waals surface area contributed by atoms with Crippen molar-refractivity contribution in [2.75, 3.05) is 26.4 Å². The first-order chi connectivity index (χ1) is 15.1. The molecule has 2 aliphatic rings. The maximum atomic E-state index is 12.7. The van der Waals surface area contributed by atoms with Crippen LogP contribution in [0.4, 0.5) is 0 Å². The van der Waals surface area contributed by atoms with Gasteiger partial charge in [0.05, 0.1) is 54.6 Å². The van der Waals surface area contributed by atoms with E-state index >= 15 is 0 Å². The van der Waals surface area contributed by atoms with Crippen molar-refractivity contribution in [3.05, 3.63) is 35.8 Å². The number of fused-ring (bicyclic) bond motifs is 3. The fraction of sp³-hybridized carbons (Fsp3) is 0.478. The number of aromatic nitrogens is 3. The molecular formula is C23H25N5O3. The van der Waals surface area contributed by atoms with E-state index in [4.69, 9.17) is 14.5 Å². The smallest absolute Gasteiger partial charge is 0.227 e. The SMILES string of the molecule is C[C@@H]1C[C@H](n2c(CC(=O)NCC3COC3)nc3cnc4ccc(C#N)cc4c32)CCO1. The molecule has 0 radical (unpaired) electrons. The summed E-state index contributed by atoms with van der Waals surface area (Å²) in [4.78, 5) is 22.1. The molecule has 2 atom stereocenters. The molecule has 0 unspecified atom stereocenters. The Balaban J connectivity index is 1.58. The maximum Gasteiger partial charge on any atom is 0.227 e. The van der Waals surface area contributed by atoms with Crippen LogP contribution >= 0.6 is 0 Å². The summed E-state index contributed by atoms with van der Waals surface area (Å²) in [5.74, 6) is 1.09. The van der Waals surface area contributed by atoms with Crippen molar-refractivity contribution in [3.8, 4) is 6.07 Å². The average molecular weight is 419 g/mol. The first-order valence-corrected chi connectivity index (χ1v) is 10.8. The van der Waals surface area contributed by atoms with Crippen LogP contribution in [0.1, 0.15) is 37.2 Å². The summed E-state index contributed by atoms with van der Waals surface area (Å²) in [5, 5.41) is 13.3. The monoisotopic (exact) mass is 419 g/mol. The van der Waals surface area contributed by atoms with E-state index in [9.17, 15) is 10.1 Å². The second kappa shape index (κ2) is 8.25. The van der Waals surface area contributed by atoms with Crippen LogP contribution in [0.3, 0.4) is 0 Å². The van der Waals surface area contributed by atoms with Gasteiger partial charge in [-0.1, -0.05) is 0 Å². The fourth-order valence-corrected chi connectivity index (χ4v) is 4.49. The van der Waals surface area contributed by atoms with Gasteiger partial charge < -0.3 is 19.4 Å². The molecule has 8 heteroatoms. The molecule has 1 N–H and O–H groups in total. The van der Waals surface area contributed by atoms with Gasteiger partial charge in [0.25, 0.3) is 0 Å². The molecule has 0 saturated carbocycles. The number of nitrogens with one attached hydrogen (secondary N) is 1. The Morgan fingerprint density at radius 1 is 1.35 bits per heavy atom. The topological polar surface area (TPSA) is 102 Å². The average Bonchev–Trinajstić information content (AvgIpc) is 3.10. The van der Waals surface area contributed by atoms with Crippen molar-refractivity contribution < 1.29 is 14.3 Å². The molecule has 31 heavy (non-hydrogen) atoms. The summed E-state index contributed by atoms with van der Waals surface area (Å²) in [6.07, 6.45) is 3.80. The normalized spacial score (nSPS) is 21.7. The third kappa shape index (κ3) is 3.87. The standard InChI is InChI=1S/C23H25N5O3/c1-14-6-17(4-5-31-14)28-21(8-22(29)26-10-16-12-30-13-16)27-20-11-25-19-3-2-15(9-24)7-18(19)23(20)28/h2-3,7,11,14,16-17H,4-6,8,10,12-13H2,1H3,(H,26,29)/t14-,17-/m1/s1. The second-order valence-corrected chi connectivity index (χ2v) is 8.48. The van der Waals surface area contributed by atoms with E-state index in [-0.39, 0.29) is 24.5 Å². The number of amides is 1. The Labute approximate surface area is 180 Å². The molecule has 8 nitrogen and oxygen atoms in total. The zero-order valence-electron chi connectivity index (χ0n) is 17.5. The Kier molecular flexibility index (Phi) is 5.30. The number of pyridine rings is 1. The van der Waals surface area contributed by atoms with Crippen molar-refractivity contribution in [2.45, 2.75) is 38.3 Å². The minimum absolute atomic E-state index is 0.0430. The molecule has 0 spiro atoms. The first-order valence-electron chi connectivity index (χ1n) is 10.8. The third-order valence-electron chi connectivity index (χ3n) is 6.15. The summed E-state index contributed by atoms with van der Waals surface area (Å²) in [6, 6.07) is 7.90. The Hall–Kier alpha value is -3.02. The van der Waals surface area contributed by atoms with E-state index in [1.54, 1.807) is 12.3 Å². The van der Waals surface area contributed by atoms with Gasteiger partial charge in [-0.25, -0.2) is 4.98 Å². The van der Waals surface area contributed by atoms with Gasteiger partial charge in [-0.2, -0.15) is 5.26 Å². The van der Waals surface area contributed by atoms with Gasteiger partial charge in [-0.3, -0.25) is 9.78 Å². The van der Waals surface area contributed by atoms with E-state index in [0.29, 0.717) is 37.8 Å². The number of carbonyl (C=O) groups is 1. The number of carbonyl (C=O) groups excluding carboxylic acids is 1. The van der Waals surface area contributed by atoms with Crippen LogP contribution in [0, 0.1) is 17.2 Å². The summed E-state index contributed by atoms with van der Waals surface area (Å²) in [5.41, 5.74) is 3.08. The van der Waals surface area contributed by atoms with Gasteiger partial charge >= 0.3 is 0 Å². The van der Waals surface area contributed by atoms with Gasteiger partial charge in [-0.15, -0.1) is 0 Å². The number of nitriles is 1. The lowest BCUT2D eigenvalue weighted by molar-refractivity contribution is -0.121. The fourth-order valence-electron chi connectivity index (χ4n) is 4.49. The number of rotatable bonds is 5. The summed E-state index contributed by atoms with van der Waals surface area (Å²) >= 11 is 0. The number of imidazole rings is 1. The van der Waals surface area contributed by atoms with Crippen LogP contribution in [0.15, 0.2) is 24.4 Å². The van der Waals surface area contributed by atoms with Crippen molar-refractivity contribution >= 4 is 27.8 Å². The van der Waals surface area contributed by atoms with Crippen molar-refractivity contribution in [2.24, 2.45) is 5.92 Å². The molecular weight excluding hydrogens is 394 g/mol. The van der Waals surface area contributed by atoms with Gasteiger partial charge in [0, 0.05) is 30.5 Å². The van der Waals surface area contributed by atoms with E-state index < -0.39 is 0 Å². The zero-order chi connectivity index (χ0) is 21.4. The minimum Gasteiger partial charge on any atom is -0.381 e. The van der Waals surface area contributed by atoms with Gasteiger partial charge in [-0.05, 0) is 38.0 Å². The quantitative estimate of drug-likeness (QED) is 0.682. The zero-order valence-corrected chi connectivity index (χ0v) is 17.5. The highest BCUT2D eigenvalue weighted by Gasteiger charge is 2.27. The molecule has 2 fully saturated rings. The molecule has 0 bridgehead atoms. The van der Waals surface area contributed by atoms with E-state index in [2.05, 4.69) is 27.9 Å². The second-order valence-electron chi connectivity index (χ2n) is 8.48. The van der Waals surface area contributed by atoms with Crippen molar-refractivity contribution in [3.63, 3.8) is 0 Å². The highest BCUT2D eigenvalue weighted by molar-refractivity contribution is 6.03. The molecule has 0 aliphatic carbocycles. The molecule has 160 valence electrons. The molecule has 4 heterocycles. The van der Waals surface area contributed by atoms with Crippen molar-refractivity contribution in [1.82, 2.24) is 19.9 Å². The highest BCUT2D eigenvalue weighted by atomic mass is 16.5. The maximum absolute atomic E-state index is 12.7. The Morgan fingerprint density at radius 3 is 2.97 bits per heavy atom.